The fourth-order valence-corrected chi connectivity index (χ4v) is 4.41. The molecule has 1 N–H and O–H groups in total. The minimum Gasteiger partial charge on any atom is -0.368 e. The Labute approximate surface area is 162 Å². The lowest BCUT2D eigenvalue weighted by Crippen LogP contribution is -2.37. The second-order valence-corrected chi connectivity index (χ2v) is 7.93. The van der Waals surface area contributed by atoms with Gasteiger partial charge in [0.05, 0.1) is 11.3 Å². The highest BCUT2D eigenvalue weighted by Crippen LogP contribution is 2.42. The molecule has 3 heterocycles. The molecule has 2 aromatic rings. The minimum atomic E-state index is -0.382. The third-order valence-corrected chi connectivity index (χ3v) is 5.72. The largest absolute Gasteiger partial charge is 0.368 e. The lowest BCUT2D eigenvalue weighted by atomic mass is 10.1. The maximum Gasteiger partial charge on any atom is 0.261 e. The van der Waals surface area contributed by atoms with Crippen molar-refractivity contribution in [3.8, 4) is 0 Å². The first kappa shape index (κ1) is 18.0. The molecule has 0 unspecified atom stereocenters. The number of amides is 2. The van der Waals surface area contributed by atoms with E-state index in [1.807, 2.05) is 32.0 Å². The molecule has 0 saturated carbocycles. The second-order valence-electron chi connectivity index (χ2n) is 6.90. The van der Waals surface area contributed by atoms with Gasteiger partial charge in [-0.2, -0.15) is 0 Å². The number of nitrogens with zero attached hydrogens (tertiary/aromatic N) is 2. The summed E-state index contributed by atoms with van der Waals surface area (Å²) in [5, 5.41) is 3.61. The van der Waals surface area contributed by atoms with Crippen LogP contribution in [0, 0.1) is 0 Å². The van der Waals surface area contributed by atoms with E-state index in [1.54, 1.807) is 23.2 Å². The quantitative estimate of drug-likeness (QED) is 0.875. The number of nitrogens with one attached hydrogen (secondary N) is 1. The molecule has 4 rings (SSSR count). The average molecular weight is 383 g/mol. The van der Waals surface area contributed by atoms with Crippen LogP contribution in [0.3, 0.4) is 0 Å². The number of hydrogen-bond acceptors (Lipinski definition) is 5. The van der Waals surface area contributed by atoms with Crippen molar-refractivity contribution in [2.24, 2.45) is 0 Å². The molecule has 0 spiro atoms. The molecule has 0 bridgehead atoms. The summed E-state index contributed by atoms with van der Waals surface area (Å²) in [5.74, 6) is -0.183. The summed E-state index contributed by atoms with van der Waals surface area (Å²) in [4.78, 5) is 32.5. The van der Waals surface area contributed by atoms with Gasteiger partial charge in [0.25, 0.3) is 11.8 Å². The predicted octanol–water partition coefficient (Wildman–Crippen LogP) is 3.72. The van der Waals surface area contributed by atoms with Crippen LogP contribution in [0.1, 0.15) is 37.0 Å². The molecule has 2 aliphatic heterocycles. The van der Waals surface area contributed by atoms with Crippen LogP contribution in [0.2, 0.25) is 0 Å². The maximum atomic E-state index is 13.1. The number of fused-ring (bicyclic) bond motifs is 2. The second kappa shape index (κ2) is 7.32. The Morgan fingerprint density at radius 3 is 2.96 bits per heavy atom. The first-order chi connectivity index (χ1) is 13.0. The number of benzene rings is 1. The Balaban J connectivity index is 1.70. The van der Waals surface area contributed by atoms with Crippen LogP contribution >= 0.6 is 11.8 Å². The van der Waals surface area contributed by atoms with Crippen LogP contribution in [0.5, 0.6) is 0 Å². The fourth-order valence-electron chi connectivity index (χ4n) is 3.37. The summed E-state index contributed by atoms with van der Waals surface area (Å²) >= 11 is 1.45. The number of carbonyl (C=O) groups excluding carboxylic acids is 2. The van der Waals surface area contributed by atoms with Gasteiger partial charge in [0.15, 0.2) is 0 Å². The Morgan fingerprint density at radius 2 is 2.22 bits per heavy atom. The molecule has 27 heavy (non-hydrogen) atoms. The van der Waals surface area contributed by atoms with Gasteiger partial charge in [0, 0.05) is 29.4 Å². The van der Waals surface area contributed by atoms with Crippen molar-refractivity contribution in [3.05, 3.63) is 42.1 Å². The van der Waals surface area contributed by atoms with Crippen molar-refractivity contribution in [1.29, 1.82) is 0 Å². The van der Waals surface area contributed by atoms with Crippen LogP contribution in [-0.2, 0) is 9.53 Å². The molecule has 2 amide bonds. The Kier molecular flexibility index (Phi) is 4.88. The topological polar surface area (TPSA) is 71.5 Å². The van der Waals surface area contributed by atoms with Crippen molar-refractivity contribution in [2.75, 3.05) is 16.8 Å². The van der Waals surface area contributed by atoms with Crippen molar-refractivity contribution in [1.82, 2.24) is 4.98 Å². The normalized spacial score (nSPS) is 18.9. The van der Waals surface area contributed by atoms with E-state index in [2.05, 4.69) is 10.3 Å². The molecule has 1 fully saturated rings. The van der Waals surface area contributed by atoms with Crippen molar-refractivity contribution >= 4 is 35.0 Å². The summed E-state index contributed by atoms with van der Waals surface area (Å²) in [5.41, 5.74) is 2.11. The zero-order chi connectivity index (χ0) is 19.0. The van der Waals surface area contributed by atoms with E-state index < -0.39 is 0 Å². The van der Waals surface area contributed by atoms with Gasteiger partial charge in [-0.25, -0.2) is 4.98 Å². The van der Waals surface area contributed by atoms with Gasteiger partial charge in [-0.3, -0.25) is 9.59 Å². The number of rotatable bonds is 3. The number of pyridine rings is 1. The molecule has 1 aromatic heterocycles. The highest BCUT2D eigenvalue weighted by atomic mass is 32.2. The van der Waals surface area contributed by atoms with Crippen molar-refractivity contribution in [3.63, 3.8) is 0 Å². The molecule has 1 saturated heterocycles. The van der Waals surface area contributed by atoms with Crippen LogP contribution in [-0.4, -0.2) is 35.6 Å². The molecule has 1 aromatic carbocycles. The van der Waals surface area contributed by atoms with Crippen LogP contribution < -0.4 is 10.2 Å². The molecular formula is C20H21N3O3S. The van der Waals surface area contributed by atoms with Crippen LogP contribution in [0.4, 0.5) is 11.4 Å². The van der Waals surface area contributed by atoms with E-state index in [4.69, 9.17) is 4.74 Å². The first-order valence-electron chi connectivity index (χ1n) is 9.07. The van der Waals surface area contributed by atoms with Crippen LogP contribution in [0.15, 0.2) is 46.5 Å². The summed E-state index contributed by atoms with van der Waals surface area (Å²) < 4.78 is 5.45. The van der Waals surface area contributed by atoms with Gasteiger partial charge >= 0.3 is 0 Å². The van der Waals surface area contributed by atoms with Gasteiger partial charge in [-0.05, 0) is 57.0 Å². The maximum absolute atomic E-state index is 13.1. The first-order valence-corrected chi connectivity index (χ1v) is 9.89. The number of anilines is 2. The molecule has 0 aliphatic carbocycles. The van der Waals surface area contributed by atoms with Gasteiger partial charge in [0.2, 0.25) is 0 Å². The van der Waals surface area contributed by atoms with Crippen molar-refractivity contribution in [2.45, 2.75) is 48.8 Å². The molecule has 1 atom stereocenters. The zero-order valence-electron chi connectivity index (χ0n) is 15.3. The number of aromatic nitrogens is 1. The minimum absolute atomic E-state index is 0.00432. The van der Waals surface area contributed by atoms with E-state index in [-0.39, 0.29) is 24.0 Å². The Morgan fingerprint density at radius 1 is 1.37 bits per heavy atom. The van der Waals surface area contributed by atoms with E-state index in [0.717, 1.165) is 23.4 Å². The monoisotopic (exact) mass is 383 g/mol. The zero-order valence-corrected chi connectivity index (χ0v) is 16.1. The van der Waals surface area contributed by atoms with E-state index >= 15 is 0 Å². The number of ether oxygens (including phenoxy) is 1. The number of carbonyl (C=O) groups is 2. The van der Waals surface area contributed by atoms with Gasteiger partial charge < -0.3 is 15.0 Å². The highest BCUT2D eigenvalue weighted by molar-refractivity contribution is 7.99. The summed E-state index contributed by atoms with van der Waals surface area (Å²) in [6.45, 7) is 4.60. The SMILES string of the molecule is CC(C)N1C(=O)c2cccnc2Sc2cc(NC(=O)[C@@H]3CCCO3)ccc21. The van der Waals surface area contributed by atoms with E-state index in [1.165, 1.54) is 11.8 Å². The highest BCUT2D eigenvalue weighted by Gasteiger charge is 2.30. The standard InChI is InChI=1S/C20H21N3O3S/c1-12(2)23-15-8-7-13(22-18(24)16-6-4-10-26-16)11-17(15)27-19-14(20(23)25)5-3-9-21-19/h3,5,7-9,11-12,16H,4,6,10H2,1-2H3,(H,22,24)/t16-/m0/s1. The number of hydrogen-bond donors (Lipinski definition) is 1. The summed E-state index contributed by atoms with van der Waals surface area (Å²) in [7, 11) is 0. The fraction of sp³-hybridized carbons (Fsp3) is 0.350. The molecule has 7 heteroatoms. The van der Waals surface area contributed by atoms with E-state index in [0.29, 0.717) is 22.9 Å². The van der Waals surface area contributed by atoms with Gasteiger partial charge in [-0.15, -0.1) is 0 Å². The third-order valence-electron chi connectivity index (χ3n) is 4.65. The Hall–Kier alpha value is -2.38. The van der Waals surface area contributed by atoms with Crippen LogP contribution in [0.25, 0.3) is 0 Å². The molecule has 2 aliphatic rings. The molecule has 140 valence electrons. The summed E-state index contributed by atoms with van der Waals surface area (Å²) in [6, 6.07) is 9.20. The molecule has 6 nitrogen and oxygen atoms in total. The smallest absolute Gasteiger partial charge is 0.261 e. The Bertz CT molecular complexity index is 894. The molecular weight excluding hydrogens is 362 g/mol. The average Bonchev–Trinajstić information content (AvgIpc) is 3.15. The third kappa shape index (κ3) is 3.44. The predicted molar refractivity (Wildman–Crippen MR) is 104 cm³/mol. The van der Waals surface area contributed by atoms with Gasteiger partial charge in [0.1, 0.15) is 11.1 Å². The summed E-state index contributed by atoms with van der Waals surface area (Å²) in [6.07, 6.45) is 2.96. The lowest BCUT2D eigenvalue weighted by molar-refractivity contribution is -0.124. The molecule has 0 radical (unpaired) electrons. The van der Waals surface area contributed by atoms with Gasteiger partial charge in [-0.1, -0.05) is 11.8 Å². The van der Waals surface area contributed by atoms with Crippen molar-refractivity contribution < 1.29 is 14.3 Å². The lowest BCUT2D eigenvalue weighted by Gasteiger charge is -2.27. The van der Waals surface area contributed by atoms with E-state index in [9.17, 15) is 9.59 Å².